The van der Waals surface area contributed by atoms with Gasteiger partial charge >= 0.3 is 16.2 Å². The van der Waals surface area contributed by atoms with E-state index in [0.29, 0.717) is 23.8 Å². The molecule has 0 amide bonds. The van der Waals surface area contributed by atoms with Gasteiger partial charge in [0, 0.05) is 29.8 Å². The van der Waals surface area contributed by atoms with Gasteiger partial charge in [-0.3, -0.25) is 9.09 Å². The van der Waals surface area contributed by atoms with Crippen molar-refractivity contribution in [1.82, 2.24) is 0 Å². The first-order valence-corrected chi connectivity index (χ1v) is 9.35. The van der Waals surface area contributed by atoms with E-state index in [9.17, 15) is 4.57 Å². The third-order valence-corrected chi connectivity index (χ3v) is 6.56. The fraction of sp³-hybridized carbons (Fsp3) is 0.455. The first-order chi connectivity index (χ1) is 10.00. The van der Waals surface area contributed by atoms with Crippen LogP contribution < -0.4 is 0 Å². The summed E-state index contributed by atoms with van der Waals surface area (Å²) in [6.07, 6.45) is 0. The van der Waals surface area contributed by atoms with E-state index in [1.54, 1.807) is 12.1 Å². The van der Waals surface area contributed by atoms with E-state index in [-0.39, 0.29) is 5.02 Å². The summed E-state index contributed by atoms with van der Waals surface area (Å²) >= 11 is 12.0. The highest BCUT2D eigenvalue weighted by molar-refractivity contribution is 7.54. The van der Waals surface area contributed by atoms with E-state index in [2.05, 4.69) is 0 Å². The van der Waals surface area contributed by atoms with Crippen molar-refractivity contribution in [3.05, 3.63) is 33.8 Å². The molecule has 1 aromatic carbocycles. The fourth-order valence-electron chi connectivity index (χ4n) is 1.66. The summed E-state index contributed by atoms with van der Waals surface area (Å²) in [7, 11) is -2.69. The van der Waals surface area contributed by atoms with Gasteiger partial charge in [0.2, 0.25) is 0 Å². The van der Waals surface area contributed by atoms with Crippen molar-refractivity contribution >= 4 is 39.4 Å². The maximum Gasteiger partial charge on any atom is 0.363 e. The number of benzene rings is 1. The lowest BCUT2D eigenvalue weighted by Crippen LogP contribution is -2.07. The van der Waals surface area contributed by atoms with Crippen molar-refractivity contribution in [3.8, 4) is 0 Å². The lowest BCUT2D eigenvalue weighted by atomic mass is 10.2. The second-order valence-electron chi connectivity index (χ2n) is 3.92. The van der Waals surface area contributed by atoms with Crippen molar-refractivity contribution in [2.24, 2.45) is 0 Å². The summed E-state index contributed by atoms with van der Waals surface area (Å²) in [5, 5.41) is 0.738. The molecule has 1 aliphatic rings. The summed E-state index contributed by atoms with van der Waals surface area (Å²) in [5.41, 5.74) is 0.426. The highest BCUT2D eigenvalue weighted by Crippen LogP contribution is 2.66. The molecule has 0 spiro atoms. The average molecular weight is 375 g/mol. The van der Waals surface area contributed by atoms with E-state index in [1.165, 1.54) is 20.3 Å². The lowest BCUT2D eigenvalue weighted by molar-refractivity contribution is 0.170. The van der Waals surface area contributed by atoms with E-state index in [1.807, 2.05) is 0 Å². The van der Waals surface area contributed by atoms with Gasteiger partial charge < -0.3 is 18.1 Å². The lowest BCUT2D eigenvalue weighted by Gasteiger charge is -2.26. The Hall–Kier alpha value is 0.260. The molecule has 1 fully saturated rings. The van der Waals surface area contributed by atoms with E-state index < -0.39 is 22.0 Å². The first-order valence-electron chi connectivity index (χ1n) is 5.89. The predicted octanol–water partition coefficient (Wildman–Crippen LogP) is 4.77. The van der Waals surface area contributed by atoms with Gasteiger partial charge in [-0.15, -0.1) is 0 Å². The Morgan fingerprint density at radius 2 is 1.86 bits per heavy atom. The van der Waals surface area contributed by atoms with Gasteiger partial charge in [0.05, 0.1) is 13.2 Å². The second-order valence-corrected chi connectivity index (χ2v) is 8.22. The Morgan fingerprint density at radius 3 is 2.38 bits per heavy atom. The molecule has 1 saturated heterocycles. The topological polar surface area (TPSA) is 63.2 Å². The largest absolute Gasteiger partial charge is 0.363 e. The van der Waals surface area contributed by atoms with Gasteiger partial charge in [0.15, 0.2) is 5.85 Å². The molecule has 0 aromatic heterocycles. The second kappa shape index (κ2) is 7.69. The summed E-state index contributed by atoms with van der Waals surface area (Å²) in [4.78, 5) is 0. The van der Waals surface area contributed by atoms with Crippen LogP contribution in [-0.2, 0) is 27.2 Å². The van der Waals surface area contributed by atoms with Crippen molar-refractivity contribution in [2.45, 2.75) is 5.85 Å². The van der Waals surface area contributed by atoms with Crippen LogP contribution in [0.4, 0.5) is 0 Å². The highest BCUT2D eigenvalue weighted by atomic mass is 35.5. The standard InChI is InChI=1S/C11H14Cl2O6P2/c1-15-21(14,16-2)11(19-20-17-5-6-18-20)9-4-3-8(12)7-10(9)13/h3-4,7,11H,5-6H2,1-2H3. The SMILES string of the molecule is COP(=O)(OC)C(OP1OCCO1)c1ccc(Cl)cc1Cl. The van der Waals surface area contributed by atoms with Crippen LogP contribution in [0.1, 0.15) is 11.4 Å². The molecule has 10 heteroatoms. The molecule has 1 atom stereocenters. The molecule has 1 heterocycles. The molecule has 0 saturated carbocycles. The normalized spacial score (nSPS) is 18.1. The van der Waals surface area contributed by atoms with Gasteiger partial charge in [-0.05, 0) is 12.1 Å². The molecule has 6 nitrogen and oxygen atoms in total. The zero-order chi connectivity index (χ0) is 15.5. The molecule has 0 radical (unpaired) electrons. The zero-order valence-corrected chi connectivity index (χ0v) is 14.6. The van der Waals surface area contributed by atoms with Gasteiger partial charge in [-0.25, -0.2) is 0 Å². The van der Waals surface area contributed by atoms with Gasteiger partial charge in [0.25, 0.3) is 0 Å². The van der Waals surface area contributed by atoms with Crippen LogP contribution in [0, 0.1) is 0 Å². The Bertz CT molecular complexity index is 529. The predicted molar refractivity (Wildman–Crippen MR) is 80.7 cm³/mol. The maximum absolute atomic E-state index is 12.7. The highest BCUT2D eigenvalue weighted by Gasteiger charge is 2.41. The van der Waals surface area contributed by atoms with Gasteiger partial charge in [-0.1, -0.05) is 29.3 Å². The summed E-state index contributed by atoms with van der Waals surface area (Å²) in [6.45, 7) is 0.827. The molecule has 118 valence electrons. The molecule has 1 aliphatic heterocycles. The minimum Gasteiger partial charge on any atom is -0.310 e. The Morgan fingerprint density at radius 1 is 1.24 bits per heavy atom. The molecular formula is C11H14Cl2O6P2. The molecule has 1 unspecified atom stereocenters. The van der Waals surface area contributed by atoms with Crippen molar-refractivity contribution < 1.29 is 27.2 Å². The maximum atomic E-state index is 12.7. The van der Waals surface area contributed by atoms with Crippen LogP contribution >= 0.6 is 39.4 Å². The smallest absolute Gasteiger partial charge is 0.310 e. The minimum absolute atomic E-state index is 0.288. The third-order valence-electron chi connectivity index (χ3n) is 2.69. The monoisotopic (exact) mass is 374 g/mol. The van der Waals surface area contributed by atoms with E-state index in [4.69, 9.17) is 45.8 Å². The van der Waals surface area contributed by atoms with E-state index in [0.717, 1.165) is 0 Å². The fourth-order valence-corrected chi connectivity index (χ4v) is 4.95. The van der Waals surface area contributed by atoms with Crippen LogP contribution in [0.2, 0.25) is 10.0 Å². The van der Waals surface area contributed by atoms with E-state index >= 15 is 0 Å². The van der Waals surface area contributed by atoms with Crippen LogP contribution in [0.15, 0.2) is 18.2 Å². The summed E-state index contributed by atoms with van der Waals surface area (Å²) in [5.74, 6) is -1.07. The van der Waals surface area contributed by atoms with Gasteiger partial charge in [0.1, 0.15) is 0 Å². The van der Waals surface area contributed by atoms with Crippen molar-refractivity contribution in [2.75, 3.05) is 27.4 Å². The molecule has 21 heavy (non-hydrogen) atoms. The van der Waals surface area contributed by atoms with Crippen LogP contribution in [0.5, 0.6) is 0 Å². The quantitative estimate of drug-likeness (QED) is 0.668. The molecule has 0 N–H and O–H groups in total. The zero-order valence-electron chi connectivity index (χ0n) is 11.3. The Labute approximate surface area is 134 Å². The molecule has 0 aliphatic carbocycles. The van der Waals surface area contributed by atoms with Crippen molar-refractivity contribution in [3.63, 3.8) is 0 Å². The number of hydrogen-bond acceptors (Lipinski definition) is 6. The number of hydrogen-bond donors (Lipinski definition) is 0. The average Bonchev–Trinajstić information content (AvgIpc) is 2.98. The van der Waals surface area contributed by atoms with Crippen molar-refractivity contribution in [1.29, 1.82) is 0 Å². The summed E-state index contributed by atoms with van der Waals surface area (Å²) < 4.78 is 38.9. The summed E-state index contributed by atoms with van der Waals surface area (Å²) in [6, 6.07) is 4.73. The Balaban J connectivity index is 2.36. The molecule has 0 bridgehead atoms. The molecule has 2 rings (SSSR count). The molecule has 1 aromatic rings. The third kappa shape index (κ3) is 4.17. The minimum atomic E-state index is -3.60. The first kappa shape index (κ1) is 17.6. The number of halogens is 2. The van der Waals surface area contributed by atoms with Gasteiger partial charge in [-0.2, -0.15) is 0 Å². The Kier molecular flexibility index (Phi) is 6.45. The van der Waals surface area contributed by atoms with Crippen LogP contribution in [0.3, 0.4) is 0 Å². The van der Waals surface area contributed by atoms with Crippen LogP contribution in [-0.4, -0.2) is 27.4 Å². The number of rotatable bonds is 6. The molecular weight excluding hydrogens is 361 g/mol. The van der Waals surface area contributed by atoms with Crippen LogP contribution in [0.25, 0.3) is 0 Å².